The van der Waals surface area contributed by atoms with Gasteiger partial charge < -0.3 is 5.32 Å². The number of carbonyl (C=O) groups is 1. The first-order chi connectivity index (χ1) is 14.0. The van der Waals surface area contributed by atoms with Gasteiger partial charge in [-0.05, 0) is 38.2 Å². The van der Waals surface area contributed by atoms with Gasteiger partial charge in [-0.1, -0.05) is 78.0 Å². The molecule has 1 aromatic heterocycles. The lowest BCUT2D eigenvalue weighted by Crippen LogP contribution is -2.26. The van der Waals surface area contributed by atoms with Gasteiger partial charge in [-0.2, -0.15) is 0 Å². The number of nitrogens with zero attached hydrogens (tertiary/aromatic N) is 2. The van der Waals surface area contributed by atoms with E-state index in [0.29, 0.717) is 28.7 Å². The molecular formula is C24H25N3OS. The molecule has 0 fully saturated rings. The van der Waals surface area contributed by atoms with E-state index in [9.17, 15) is 4.79 Å². The average molecular weight is 404 g/mol. The molecule has 1 amide bonds. The molecule has 0 aliphatic carbocycles. The van der Waals surface area contributed by atoms with Crippen LogP contribution in [0.3, 0.4) is 0 Å². The molecule has 29 heavy (non-hydrogen) atoms. The van der Waals surface area contributed by atoms with Gasteiger partial charge in [0.15, 0.2) is 5.16 Å². The van der Waals surface area contributed by atoms with Crippen molar-refractivity contribution in [3.05, 3.63) is 82.6 Å². The van der Waals surface area contributed by atoms with Crippen LogP contribution in [-0.4, -0.2) is 28.7 Å². The molecule has 3 rings (SSSR count). The van der Waals surface area contributed by atoms with E-state index in [2.05, 4.69) is 28.3 Å². The monoisotopic (exact) mass is 403 g/mol. The maximum Gasteiger partial charge on any atom is 0.255 e. The van der Waals surface area contributed by atoms with Crippen LogP contribution >= 0.6 is 11.8 Å². The summed E-state index contributed by atoms with van der Waals surface area (Å²) in [5.74, 6) is -0.164. The lowest BCUT2D eigenvalue weighted by molar-refractivity contribution is 0.0957. The van der Waals surface area contributed by atoms with Crippen molar-refractivity contribution in [3.63, 3.8) is 0 Å². The van der Waals surface area contributed by atoms with Crippen LogP contribution in [0.15, 0.2) is 59.8 Å². The Kier molecular flexibility index (Phi) is 6.83. The van der Waals surface area contributed by atoms with Gasteiger partial charge in [0.25, 0.3) is 5.91 Å². The quantitative estimate of drug-likeness (QED) is 0.452. The SMILES string of the molecule is CSc1nc(C)c(C(=O)NC/C=C/c2ccccc2)c(-c2ccc(C)cc2C)n1. The van der Waals surface area contributed by atoms with Crippen molar-refractivity contribution in [1.29, 1.82) is 0 Å². The van der Waals surface area contributed by atoms with E-state index in [-0.39, 0.29) is 5.91 Å². The van der Waals surface area contributed by atoms with Crippen LogP contribution in [-0.2, 0) is 0 Å². The van der Waals surface area contributed by atoms with Crippen molar-refractivity contribution >= 4 is 23.7 Å². The number of hydrogen-bond donors (Lipinski definition) is 1. The van der Waals surface area contributed by atoms with Gasteiger partial charge in [0, 0.05) is 12.1 Å². The van der Waals surface area contributed by atoms with Crippen LogP contribution in [0, 0.1) is 20.8 Å². The van der Waals surface area contributed by atoms with Crippen molar-refractivity contribution in [1.82, 2.24) is 15.3 Å². The first kappa shape index (κ1) is 20.8. The molecule has 4 nitrogen and oxygen atoms in total. The van der Waals surface area contributed by atoms with E-state index in [0.717, 1.165) is 16.7 Å². The minimum atomic E-state index is -0.164. The smallest absolute Gasteiger partial charge is 0.255 e. The van der Waals surface area contributed by atoms with E-state index in [1.807, 2.05) is 74.7 Å². The van der Waals surface area contributed by atoms with Gasteiger partial charge in [-0.3, -0.25) is 4.79 Å². The number of amides is 1. The molecule has 2 aromatic carbocycles. The molecule has 0 bridgehead atoms. The van der Waals surface area contributed by atoms with Gasteiger partial charge in [0.2, 0.25) is 0 Å². The van der Waals surface area contributed by atoms with Gasteiger partial charge >= 0.3 is 0 Å². The zero-order valence-corrected chi connectivity index (χ0v) is 18.0. The summed E-state index contributed by atoms with van der Waals surface area (Å²) in [6.07, 6.45) is 5.87. The molecule has 5 heteroatoms. The highest BCUT2D eigenvalue weighted by Crippen LogP contribution is 2.29. The molecule has 3 aromatic rings. The fourth-order valence-electron chi connectivity index (χ4n) is 3.18. The Balaban J connectivity index is 1.89. The summed E-state index contributed by atoms with van der Waals surface area (Å²) >= 11 is 1.48. The third-order valence-corrected chi connectivity index (χ3v) is 5.15. The maximum atomic E-state index is 13.0. The van der Waals surface area contributed by atoms with E-state index < -0.39 is 0 Å². The minimum Gasteiger partial charge on any atom is -0.348 e. The molecular weight excluding hydrogens is 378 g/mol. The number of benzene rings is 2. The number of aromatic nitrogens is 2. The summed E-state index contributed by atoms with van der Waals surface area (Å²) < 4.78 is 0. The molecule has 0 saturated heterocycles. The summed E-state index contributed by atoms with van der Waals surface area (Å²) in [6.45, 7) is 6.40. The third kappa shape index (κ3) is 5.12. The van der Waals surface area contributed by atoms with Crippen LogP contribution in [0.5, 0.6) is 0 Å². The van der Waals surface area contributed by atoms with Crippen LogP contribution in [0.4, 0.5) is 0 Å². The third-order valence-electron chi connectivity index (χ3n) is 4.61. The lowest BCUT2D eigenvalue weighted by atomic mass is 9.98. The zero-order valence-electron chi connectivity index (χ0n) is 17.2. The van der Waals surface area contributed by atoms with Crippen LogP contribution < -0.4 is 5.32 Å². The van der Waals surface area contributed by atoms with Crippen molar-refractivity contribution in [2.24, 2.45) is 0 Å². The van der Waals surface area contributed by atoms with E-state index in [1.54, 1.807) is 0 Å². The Morgan fingerprint density at radius 3 is 2.52 bits per heavy atom. The second-order valence-corrected chi connectivity index (χ2v) is 7.63. The van der Waals surface area contributed by atoms with Crippen molar-refractivity contribution < 1.29 is 4.79 Å². The second kappa shape index (κ2) is 9.52. The summed E-state index contributed by atoms with van der Waals surface area (Å²) in [5, 5.41) is 3.64. The Morgan fingerprint density at radius 2 is 1.83 bits per heavy atom. The number of rotatable bonds is 6. The highest BCUT2D eigenvalue weighted by Gasteiger charge is 2.20. The van der Waals surface area contributed by atoms with Gasteiger partial charge in [-0.15, -0.1) is 0 Å². The summed E-state index contributed by atoms with van der Waals surface area (Å²) in [5.41, 5.74) is 6.23. The molecule has 0 radical (unpaired) electrons. The molecule has 1 heterocycles. The molecule has 148 valence electrons. The van der Waals surface area contributed by atoms with Gasteiger partial charge in [0.1, 0.15) is 0 Å². The normalized spacial score (nSPS) is 11.0. The van der Waals surface area contributed by atoms with Crippen LogP contribution in [0.2, 0.25) is 0 Å². The Morgan fingerprint density at radius 1 is 1.07 bits per heavy atom. The van der Waals surface area contributed by atoms with Crippen molar-refractivity contribution in [2.75, 3.05) is 12.8 Å². The molecule has 0 atom stereocenters. The number of nitrogens with one attached hydrogen (secondary N) is 1. The summed E-state index contributed by atoms with van der Waals surface area (Å²) in [4.78, 5) is 22.2. The summed E-state index contributed by atoms with van der Waals surface area (Å²) in [7, 11) is 0. The zero-order chi connectivity index (χ0) is 20.8. The average Bonchev–Trinajstić information content (AvgIpc) is 2.71. The molecule has 1 N–H and O–H groups in total. The topological polar surface area (TPSA) is 54.9 Å². The molecule has 0 aliphatic heterocycles. The molecule has 0 saturated carbocycles. The summed E-state index contributed by atoms with van der Waals surface area (Å²) in [6, 6.07) is 16.2. The molecule has 0 aliphatic rings. The first-order valence-electron chi connectivity index (χ1n) is 9.49. The number of aryl methyl sites for hydroxylation is 3. The largest absolute Gasteiger partial charge is 0.348 e. The fourth-order valence-corrected chi connectivity index (χ4v) is 3.59. The van der Waals surface area contributed by atoms with Crippen molar-refractivity contribution in [2.45, 2.75) is 25.9 Å². The van der Waals surface area contributed by atoms with Crippen LogP contribution in [0.1, 0.15) is 32.7 Å². The molecule has 0 spiro atoms. The standard InChI is InChI=1S/C24H25N3OS/c1-16-12-13-20(17(2)15-16)22-21(18(3)26-24(27-22)29-4)23(28)25-14-8-11-19-9-6-5-7-10-19/h5-13,15H,14H2,1-4H3,(H,25,28)/b11-8+. The second-order valence-electron chi connectivity index (χ2n) is 6.86. The lowest BCUT2D eigenvalue weighted by Gasteiger charge is -2.14. The highest BCUT2D eigenvalue weighted by molar-refractivity contribution is 7.98. The maximum absolute atomic E-state index is 13.0. The van der Waals surface area contributed by atoms with E-state index in [1.165, 1.54) is 17.3 Å². The minimum absolute atomic E-state index is 0.164. The predicted octanol–water partition coefficient (Wildman–Crippen LogP) is 5.23. The Labute approximate surface area is 176 Å². The van der Waals surface area contributed by atoms with E-state index in [4.69, 9.17) is 0 Å². The Bertz CT molecular complexity index is 1050. The highest BCUT2D eigenvalue weighted by atomic mass is 32.2. The fraction of sp³-hybridized carbons (Fsp3) is 0.208. The van der Waals surface area contributed by atoms with Gasteiger partial charge in [0.05, 0.1) is 17.0 Å². The van der Waals surface area contributed by atoms with Crippen LogP contribution in [0.25, 0.3) is 17.3 Å². The number of carbonyl (C=O) groups excluding carboxylic acids is 1. The van der Waals surface area contributed by atoms with Gasteiger partial charge in [-0.25, -0.2) is 9.97 Å². The van der Waals surface area contributed by atoms with Crippen molar-refractivity contribution in [3.8, 4) is 11.3 Å². The Hall–Kier alpha value is -2.92. The number of hydrogen-bond acceptors (Lipinski definition) is 4. The number of thioether (sulfide) groups is 1. The first-order valence-corrected chi connectivity index (χ1v) is 10.7. The predicted molar refractivity (Wildman–Crippen MR) is 121 cm³/mol. The van der Waals surface area contributed by atoms with E-state index >= 15 is 0 Å². The molecule has 0 unspecified atom stereocenters.